The highest BCUT2D eigenvalue weighted by molar-refractivity contribution is 5.78. The second kappa shape index (κ2) is 13.5. The molecule has 0 radical (unpaired) electrons. The van der Waals surface area contributed by atoms with Crippen LogP contribution in [0.2, 0.25) is 0 Å². The van der Waals surface area contributed by atoms with Crippen LogP contribution in [0.25, 0.3) is 0 Å². The summed E-state index contributed by atoms with van der Waals surface area (Å²) in [5, 5.41) is 0. The highest BCUT2D eigenvalue weighted by Crippen LogP contribution is 2.52. The molecule has 204 valence electrons. The number of hydrogen-bond acceptors (Lipinski definition) is 2. The molecule has 2 aromatic carbocycles. The highest BCUT2D eigenvalue weighted by Gasteiger charge is 2.45. The Kier molecular flexibility index (Phi) is 10.7. The third-order valence-electron chi connectivity index (χ3n) is 9.02. The summed E-state index contributed by atoms with van der Waals surface area (Å²) in [7, 11) is 1.70. The highest BCUT2D eigenvalue weighted by atomic mass is 16.5. The first-order valence-corrected chi connectivity index (χ1v) is 14.7. The molecule has 1 amide bonds. The molecule has 1 saturated carbocycles. The van der Waals surface area contributed by atoms with Crippen LogP contribution in [0.4, 0.5) is 0 Å². The van der Waals surface area contributed by atoms with Crippen molar-refractivity contribution >= 4 is 5.91 Å². The van der Waals surface area contributed by atoms with Crippen LogP contribution >= 0.6 is 0 Å². The molecule has 3 nitrogen and oxygen atoms in total. The third kappa shape index (κ3) is 7.62. The summed E-state index contributed by atoms with van der Waals surface area (Å²) < 4.78 is 5.35. The molecular formula is C34H51NO2. The molecule has 0 N–H and O–H groups in total. The summed E-state index contributed by atoms with van der Waals surface area (Å²) in [6.45, 7) is 12.6. The van der Waals surface area contributed by atoms with Crippen LogP contribution < -0.4 is 4.74 Å². The van der Waals surface area contributed by atoms with Gasteiger partial charge < -0.3 is 9.64 Å². The van der Waals surface area contributed by atoms with Gasteiger partial charge in [-0.2, -0.15) is 0 Å². The zero-order valence-corrected chi connectivity index (χ0v) is 24.4. The zero-order valence-electron chi connectivity index (χ0n) is 24.4. The maximum absolute atomic E-state index is 13.5. The molecule has 1 aliphatic carbocycles. The Bertz CT molecular complexity index is 942. The van der Waals surface area contributed by atoms with E-state index in [1.165, 1.54) is 68.9 Å². The summed E-state index contributed by atoms with van der Waals surface area (Å²) >= 11 is 0. The molecule has 3 heteroatoms. The van der Waals surface area contributed by atoms with Gasteiger partial charge >= 0.3 is 0 Å². The molecule has 0 aromatic heterocycles. The first-order valence-electron chi connectivity index (χ1n) is 14.7. The Hall–Kier alpha value is -2.29. The lowest BCUT2D eigenvalue weighted by Crippen LogP contribution is -2.47. The lowest BCUT2D eigenvalue weighted by molar-refractivity contribution is -0.137. The van der Waals surface area contributed by atoms with Crippen molar-refractivity contribution in [3.63, 3.8) is 0 Å². The Morgan fingerprint density at radius 2 is 1.59 bits per heavy atom. The SMILES string of the molecule is CCCC[C@]1(CN(Cc2ccc(OC)cc2)C(=O)C(C)C)CC[C@@](CC(C)CC)(c2ccccc2)CC1. The smallest absolute Gasteiger partial charge is 0.225 e. The summed E-state index contributed by atoms with van der Waals surface area (Å²) in [6, 6.07) is 19.5. The van der Waals surface area contributed by atoms with Gasteiger partial charge in [0.2, 0.25) is 5.91 Å². The molecule has 0 heterocycles. The number of rotatable bonds is 13. The van der Waals surface area contributed by atoms with Crippen molar-refractivity contribution in [1.29, 1.82) is 0 Å². The predicted molar refractivity (Wildman–Crippen MR) is 156 cm³/mol. The first kappa shape index (κ1) is 29.3. The number of nitrogens with zero attached hydrogens (tertiary/aromatic N) is 1. The van der Waals surface area contributed by atoms with E-state index in [1.54, 1.807) is 7.11 Å². The van der Waals surface area contributed by atoms with E-state index in [9.17, 15) is 4.79 Å². The summed E-state index contributed by atoms with van der Waals surface area (Å²) in [4.78, 5) is 15.7. The fraction of sp³-hybridized carbons (Fsp3) is 0.618. The van der Waals surface area contributed by atoms with E-state index < -0.39 is 0 Å². The average Bonchev–Trinajstić information content (AvgIpc) is 2.93. The molecule has 1 aliphatic rings. The molecule has 37 heavy (non-hydrogen) atoms. The number of hydrogen-bond donors (Lipinski definition) is 0. The van der Waals surface area contributed by atoms with Crippen molar-refractivity contribution in [2.24, 2.45) is 17.3 Å². The number of amides is 1. The van der Waals surface area contributed by atoms with E-state index in [-0.39, 0.29) is 22.7 Å². The Morgan fingerprint density at radius 1 is 0.946 bits per heavy atom. The molecule has 0 bridgehead atoms. The summed E-state index contributed by atoms with van der Waals surface area (Å²) in [5.41, 5.74) is 3.15. The fourth-order valence-electron chi connectivity index (χ4n) is 6.44. The standard InChI is InChI=1S/C34H51NO2/c1-7-9-19-33(26-35(32(36)27(3)4)25-29-15-17-31(37-6)18-16-29)20-22-34(23-21-33,24-28(5)8-2)30-13-11-10-12-14-30/h10-18,27-28H,7-9,19-26H2,1-6H3/t28?,33-,34+. The monoisotopic (exact) mass is 505 g/mol. The van der Waals surface area contributed by atoms with Crippen LogP contribution in [0.1, 0.15) is 104 Å². The molecule has 3 rings (SSSR count). The van der Waals surface area contributed by atoms with Crippen LogP contribution in [0.3, 0.4) is 0 Å². The maximum atomic E-state index is 13.5. The van der Waals surface area contributed by atoms with E-state index >= 15 is 0 Å². The molecule has 1 fully saturated rings. The van der Waals surface area contributed by atoms with E-state index in [2.05, 4.69) is 68.1 Å². The van der Waals surface area contributed by atoms with Gasteiger partial charge in [0, 0.05) is 19.0 Å². The Balaban J connectivity index is 1.87. The molecular weight excluding hydrogens is 454 g/mol. The van der Waals surface area contributed by atoms with Crippen molar-refractivity contribution in [2.45, 2.75) is 104 Å². The van der Waals surface area contributed by atoms with Gasteiger partial charge in [0.05, 0.1) is 7.11 Å². The van der Waals surface area contributed by atoms with Crippen LogP contribution in [-0.2, 0) is 16.8 Å². The lowest BCUT2D eigenvalue weighted by Gasteiger charge is -2.50. The number of benzene rings is 2. The number of methoxy groups -OCH3 is 1. The number of carbonyl (C=O) groups is 1. The van der Waals surface area contributed by atoms with Gasteiger partial charge in [-0.1, -0.05) is 96.3 Å². The predicted octanol–water partition coefficient (Wildman–Crippen LogP) is 8.80. The molecule has 1 atom stereocenters. The average molecular weight is 506 g/mol. The number of unbranched alkanes of at least 4 members (excludes halogenated alkanes) is 1. The van der Waals surface area contributed by atoms with Gasteiger partial charge in [-0.05, 0) is 78.5 Å². The van der Waals surface area contributed by atoms with Gasteiger partial charge in [0.15, 0.2) is 0 Å². The molecule has 2 aromatic rings. The number of ether oxygens (including phenoxy) is 1. The summed E-state index contributed by atoms with van der Waals surface area (Å²) in [5.74, 6) is 1.85. The van der Waals surface area contributed by atoms with Crippen molar-refractivity contribution in [3.8, 4) is 5.75 Å². The van der Waals surface area contributed by atoms with Crippen molar-refractivity contribution in [2.75, 3.05) is 13.7 Å². The molecule has 0 spiro atoms. The molecule has 0 saturated heterocycles. The van der Waals surface area contributed by atoms with Crippen molar-refractivity contribution < 1.29 is 9.53 Å². The van der Waals surface area contributed by atoms with E-state index in [1.807, 2.05) is 26.0 Å². The van der Waals surface area contributed by atoms with Crippen LogP contribution in [0.15, 0.2) is 54.6 Å². The molecule has 0 aliphatic heterocycles. The minimum absolute atomic E-state index is 0.00104. The van der Waals surface area contributed by atoms with Gasteiger partial charge in [0.25, 0.3) is 0 Å². The maximum Gasteiger partial charge on any atom is 0.225 e. The van der Waals surface area contributed by atoms with E-state index in [4.69, 9.17) is 4.74 Å². The van der Waals surface area contributed by atoms with Crippen LogP contribution in [0.5, 0.6) is 5.75 Å². The van der Waals surface area contributed by atoms with Crippen molar-refractivity contribution in [1.82, 2.24) is 4.90 Å². The van der Waals surface area contributed by atoms with Crippen molar-refractivity contribution in [3.05, 3.63) is 65.7 Å². The van der Waals surface area contributed by atoms with Crippen LogP contribution in [0, 0.1) is 17.3 Å². The minimum Gasteiger partial charge on any atom is -0.497 e. The fourth-order valence-corrected chi connectivity index (χ4v) is 6.44. The summed E-state index contributed by atoms with van der Waals surface area (Å²) in [6.07, 6.45) is 11.0. The normalized spacial score (nSPS) is 22.6. The zero-order chi connectivity index (χ0) is 26.9. The number of carbonyl (C=O) groups excluding carboxylic acids is 1. The topological polar surface area (TPSA) is 29.5 Å². The molecule has 1 unspecified atom stereocenters. The van der Waals surface area contributed by atoms with Gasteiger partial charge in [0.1, 0.15) is 5.75 Å². The minimum atomic E-state index is -0.00104. The first-order chi connectivity index (χ1) is 17.8. The lowest BCUT2D eigenvalue weighted by atomic mass is 9.57. The second-order valence-corrected chi connectivity index (χ2v) is 12.2. The quantitative estimate of drug-likeness (QED) is 0.272. The largest absolute Gasteiger partial charge is 0.497 e. The van der Waals surface area contributed by atoms with Gasteiger partial charge in [-0.15, -0.1) is 0 Å². The van der Waals surface area contributed by atoms with E-state index in [0.717, 1.165) is 18.2 Å². The third-order valence-corrected chi connectivity index (χ3v) is 9.02. The Labute approximate surface area is 227 Å². The van der Waals surface area contributed by atoms with Gasteiger partial charge in [-0.25, -0.2) is 0 Å². The van der Waals surface area contributed by atoms with Crippen LogP contribution in [-0.4, -0.2) is 24.5 Å². The second-order valence-electron chi connectivity index (χ2n) is 12.2. The Morgan fingerprint density at radius 3 is 2.14 bits per heavy atom. The van der Waals surface area contributed by atoms with E-state index in [0.29, 0.717) is 6.54 Å². The van der Waals surface area contributed by atoms with Gasteiger partial charge in [-0.3, -0.25) is 4.79 Å².